The van der Waals surface area contributed by atoms with Gasteiger partial charge in [-0.05, 0) is 24.5 Å². The van der Waals surface area contributed by atoms with Crippen molar-refractivity contribution >= 4 is 27.5 Å². The molecule has 0 aliphatic carbocycles. The minimum atomic E-state index is -0.506. The van der Waals surface area contributed by atoms with Crippen LogP contribution in [0.15, 0.2) is 18.2 Å². The van der Waals surface area contributed by atoms with Crippen LogP contribution in [0.3, 0.4) is 0 Å². The predicted octanol–water partition coefficient (Wildman–Crippen LogP) is 1.69. The third kappa shape index (κ3) is 3.03. The number of non-ortho nitro benzene ring substituents is 1. The Hall–Kier alpha value is -1.43. The van der Waals surface area contributed by atoms with Crippen LogP contribution < -0.4 is 5.73 Å². The number of nitrogens with two attached hydrogens (primary N) is 1. The molecular formula is C10H11BrN2O3. The molecule has 2 N–H and O–H groups in total. The molecule has 0 fully saturated rings. The Morgan fingerprint density at radius 2 is 2.25 bits per heavy atom. The van der Waals surface area contributed by atoms with Crippen molar-refractivity contribution in [2.75, 3.05) is 0 Å². The van der Waals surface area contributed by atoms with Gasteiger partial charge < -0.3 is 5.73 Å². The molecule has 0 aliphatic rings. The van der Waals surface area contributed by atoms with E-state index in [4.69, 9.17) is 5.73 Å². The summed E-state index contributed by atoms with van der Waals surface area (Å²) in [6, 6.07) is 4.56. The van der Waals surface area contributed by atoms with E-state index in [0.717, 1.165) is 11.1 Å². The Bertz CT molecular complexity index is 434. The highest BCUT2D eigenvalue weighted by molar-refractivity contribution is 9.10. The Labute approximate surface area is 101 Å². The van der Waals surface area contributed by atoms with E-state index in [1.807, 2.05) is 6.92 Å². The lowest BCUT2D eigenvalue weighted by Crippen LogP contribution is -2.25. The van der Waals surface area contributed by atoms with Crippen molar-refractivity contribution in [1.82, 2.24) is 0 Å². The van der Waals surface area contributed by atoms with Gasteiger partial charge in [0, 0.05) is 12.1 Å². The van der Waals surface area contributed by atoms with Crippen LogP contribution in [0, 0.1) is 17.0 Å². The number of primary amides is 1. The molecule has 1 amide bonds. The van der Waals surface area contributed by atoms with Gasteiger partial charge in [0.25, 0.3) is 5.69 Å². The molecule has 1 rings (SSSR count). The molecule has 16 heavy (non-hydrogen) atoms. The smallest absolute Gasteiger partial charge is 0.269 e. The average Bonchev–Trinajstić information content (AvgIpc) is 2.20. The molecule has 1 atom stereocenters. The van der Waals surface area contributed by atoms with Gasteiger partial charge in [0.2, 0.25) is 5.91 Å². The maximum Gasteiger partial charge on any atom is 0.269 e. The summed E-state index contributed by atoms with van der Waals surface area (Å²) < 4.78 is 0. The number of halogens is 1. The maximum atomic E-state index is 10.9. The minimum absolute atomic E-state index is 0.0183. The fraction of sp³-hybridized carbons (Fsp3) is 0.300. The molecule has 0 heterocycles. The van der Waals surface area contributed by atoms with Crippen LogP contribution in [0.2, 0.25) is 0 Å². The number of aryl methyl sites for hydroxylation is 1. The number of nitro groups is 1. The van der Waals surface area contributed by atoms with Crippen LogP contribution in [0.1, 0.15) is 11.1 Å². The molecule has 6 heteroatoms. The van der Waals surface area contributed by atoms with Gasteiger partial charge in [-0.1, -0.05) is 22.0 Å². The molecule has 1 aromatic carbocycles. The first-order valence-electron chi connectivity index (χ1n) is 4.59. The lowest BCUT2D eigenvalue weighted by atomic mass is 10.0. The zero-order valence-corrected chi connectivity index (χ0v) is 10.2. The molecule has 0 aliphatic heterocycles. The summed E-state index contributed by atoms with van der Waals surface area (Å²) >= 11 is 3.13. The van der Waals surface area contributed by atoms with Crippen molar-refractivity contribution in [3.63, 3.8) is 0 Å². The lowest BCUT2D eigenvalue weighted by molar-refractivity contribution is -0.384. The van der Waals surface area contributed by atoms with Gasteiger partial charge >= 0.3 is 0 Å². The van der Waals surface area contributed by atoms with E-state index < -0.39 is 15.7 Å². The van der Waals surface area contributed by atoms with Crippen LogP contribution in [0.25, 0.3) is 0 Å². The molecule has 0 bridgehead atoms. The summed E-state index contributed by atoms with van der Waals surface area (Å²) in [4.78, 5) is 20.5. The van der Waals surface area contributed by atoms with Crippen LogP contribution in [-0.4, -0.2) is 15.7 Å². The lowest BCUT2D eigenvalue weighted by Gasteiger charge is -2.08. The monoisotopic (exact) mass is 286 g/mol. The number of hydrogen-bond donors (Lipinski definition) is 1. The van der Waals surface area contributed by atoms with Crippen LogP contribution in [-0.2, 0) is 11.2 Å². The van der Waals surface area contributed by atoms with Crippen LogP contribution >= 0.6 is 15.9 Å². The third-order valence-corrected chi connectivity index (χ3v) is 3.03. The summed E-state index contributed by atoms with van der Waals surface area (Å²) in [7, 11) is 0. The van der Waals surface area contributed by atoms with Gasteiger partial charge in [0.1, 0.15) is 0 Å². The highest BCUT2D eigenvalue weighted by atomic mass is 79.9. The third-order valence-electron chi connectivity index (χ3n) is 2.25. The van der Waals surface area contributed by atoms with E-state index in [1.54, 1.807) is 6.07 Å². The predicted molar refractivity (Wildman–Crippen MR) is 63.4 cm³/mol. The molecule has 0 saturated heterocycles. The van der Waals surface area contributed by atoms with E-state index in [9.17, 15) is 14.9 Å². The number of carbonyl (C=O) groups is 1. The molecule has 1 unspecified atom stereocenters. The minimum Gasteiger partial charge on any atom is -0.369 e. The van der Waals surface area contributed by atoms with Crippen molar-refractivity contribution in [2.45, 2.75) is 18.2 Å². The van der Waals surface area contributed by atoms with Crippen molar-refractivity contribution in [3.8, 4) is 0 Å². The first-order valence-corrected chi connectivity index (χ1v) is 5.50. The topological polar surface area (TPSA) is 86.2 Å². The largest absolute Gasteiger partial charge is 0.369 e. The van der Waals surface area contributed by atoms with Crippen molar-refractivity contribution in [2.24, 2.45) is 5.73 Å². The first kappa shape index (κ1) is 12.6. The van der Waals surface area contributed by atoms with E-state index in [1.165, 1.54) is 12.1 Å². The summed E-state index contributed by atoms with van der Waals surface area (Å²) in [6.07, 6.45) is 0.350. The molecule has 0 aromatic heterocycles. The Kier molecular flexibility index (Phi) is 4.00. The van der Waals surface area contributed by atoms with Crippen molar-refractivity contribution in [1.29, 1.82) is 0 Å². The molecule has 5 nitrogen and oxygen atoms in total. The van der Waals surface area contributed by atoms with Gasteiger partial charge in [-0.3, -0.25) is 14.9 Å². The molecule has 1 aromatic rings. The zero-order chi connectivity index (χ0) is 12.3. The summed E-state index contributed by atoms with van der Waals surface area (Å²) in [5, 5.41) is 10.6. The van der Waals surface area contributed by atoms with Gasteiger partial charge in [0.05, 0.1) is 9.75 Å². The number of nitrogens with zero attached hydrogens (tertiary/aromatic N) is 1. The molecule has 0 spiro atoms. The maximum absolute atomic E-state index is 10.9. The molecule has 86 valence electrons. The van der Waals surface area contributed by atoms with Gasteiger partial charge in [-0.15, -0.1) is 0 Å². The second-order valence-corrected chi connectivity index (χ2v) is 4.55. The quantitative estimate of drug-likeness (QED) is 0.519. The number of alkyl halides is 1. The molecule has 0 radical (unpaired) electrons. The molecule has 0 saturated carbocycles. The molecular weight excluding hydrogens is 276 g/mol. The zero-order valence-electron chi connectivity index (χ0n) is 8.64. The highest BCUT2D eigenvalue weighted by Gasteiger charge is 2.15. The number of hydrogen-bond acceptors (Lipinski definition) is 3. The van der Waals surface area contributed by atoms with E-state index in [2.05, 4.69) is 15.9 Å². The number of rotatable bonds is 4. The van der Waals surface area contributed by atoms with Crippen LogP contribution in [0.4, 0.5) is 5.69 Å². The van der Waals surface area contributed by atoms with Crippen molar-refractivity contribution < 1.29 is 9.72 Å². The van der Waals surface area contributed by atoms with E-state index in [0.29, 0.717) is 6.42 Å². The Balaban J connectivity index is 2.98. The van der Waals surface area contributed by atoms with Gasteiger partial charge in [-0.2, -0.15) is 0 Å². The fourth-order valence-electron chi connectivity index (χ4n) is 1.29. The van der Waals surface area contributed by atoms with Gasteiger partial charge in [-0.25, -0.2) is 0 Å². The van der Waals surface area contributed by atoms with Gasteiger partial charge in [0.15, 0.2) is 0 Å². The first-order chi connectivity index (χ1) is 7.41. The van der Waals surface area contributed by atoms with E-state index >= 15 is 0 Å². The van der Waals surface area contributed by atoms with Crippen molar-refractivity contribution in [3.05, 3.63) is 39.4 Å². The number of carbonyl (C=O) groups excluding carboxylic acids is 1. The number of amides is 1. The van der Waals surface area contributed by atoms with E-state index in [-0.39, 0.29) is 5.69 Å². The fourth-order valence-corrected chi connectivity index (χ4v) is 1.63. The second kappa shape index (κ2) is 5.07. The Morgan fingerprint density at radius 1 is 1.62 bits per heavy atom. The normalized spacial score (nSPS) is 12.1. The standard InChI is InChI=1S/C10H11BrN2O3/c1-6-2-3-8(13(15)16)4-7(6)5-9(11)10(12)14/h2-4,9H,5H2,1H3,(H2,12,14). The Morgan fingerprint density at radius 3 is 2.75 bits per heavy atom. The summed E-state index contributed by atoms with van der Waals surface area (Å²) in [6.45, 7) is 1.83. The SMILES string of the molecule is Cc1ccc([N+](=O)[O-])cc1CC(Br)C(N)=O. The summed E-state index contributed by atoms with van der Waals surface area (Å²) in [5.41, 5.74) is 6.77. The number of benzene rings is 1. The summed E-state index contributed by atoms with van der Waals surface area (Å²) in [5.74, 6) is -0.481. The van der Waals surface area contributed by atoms with Crippen LogP contribution in [0.5, 0.6) is 0 Å². The average molecular weight is 287 g/mol. The number of nitro benzene ring substituents is 1. The highest BCUT2D eigenvalue weighted by Crippen LogP contribution is 2.20. The second-order valence-electron chi connectivity index (χ2n) is 3.44.